The molecule has 1 rings (SSSR count). The molecule has 24 heavy (non-hydrogen) atoms. The number of carbonyl (C=O) groups is 1. The standard InChI is InChI=1S/C17H19I3N2O2/c1-6-7-8-11-10(2)13(22-9-21-11)14(23)12(17(18,19)20)15(24)16(3,4)5/h6-9,23H,1H2,2-5H3/b8-7-,14-12?. The fraction of sp³-hybridized carbons (Fsp3) is 0.353. The normalized spacial score (nSPS) is 13.8. The Hall–Kier alpha value is -0.0400. The Morgan fingerprint density at radius 2 is 1.83 bits per heavy atom. The topological polar surface area (TPSA) is 63.1 Å². The van der Waals surface area contributed by atoms with Gasteiger partial charge in [-0.3, -0.25) is 4.79 Å². The third kappa shape index (κ3) is 5.48. The lowest BCUT2D eigenvalue weighted by atomic mass is 9.86. The number of halogens is 3. The van der Waals surface area contributed by atoms with Crippen LogP contribution in [-0.2, 0) is 4.79 Å². The highest BCUT2D eigenvalue weighted by atomic mass is 127. The largest absolute Gasteiger partial charge is 0.505 e. The predicted octanol–water partition coefficient (Wildman–Crippen LogP) is 5.83. The first-order valence-corrected chi connectivity index (χ1v) is 10.3. The summed E-state index contributed by atoms with van der Waals surface area (Å²) in [4.78, 5) is 21.3. The highest BCUT2D eigenvalue weighted by Gasteiger charge is 2.39. The van der Waals surface area contributed by atoms with Crippen molar-refractivity contribution in [3.8, 4) is 0 Å². The molecule has 0 radical (unpaired) electrons. The van der Waals surface area contributed by atoms with Gasteiger partial charge in [-0.2, -0.15) is 0 Å². The molecule has 0 aromatic carbocycles. The van der Waals surface area contributed by atoms with Crippen LogP contribution in [0.15, 0.2) is 30.6 Å². The van der Waals surface area contributed by atoms with E-state index >= 15 is 0 Å². The number of aromatic nitrogens is 2. The number of hydrogen-bond acceptors (Lipinski definition) is 4. The van der Waals surface area contributed by atoms with Gasteiger partial charge in [-0.1, -0.05) is 39.5 Å². The number of alkyl halides is 3. The second-order valence-electron chi connectivity index (χ2n) is 6.13. The second kappa shape index (κ2) is 8.56. The summed E-state index contributed by atoms with van der Waals surface area (Å²) >= 11 is 6.43. The van der Waals surface area contributed by atoms with Gasteiger partial charge in [0, 0.05) is 11.0 Å². The molecule has 0 fully saturated rings. The van der Waals surface area contributed by atoms with Gasteiger partial charge in [-0.15, -0.1) is 0 Å². The summed E-state index contributed by atoms with van der Waals surface area (Å²) in [6, 6.07) is 0. The van der Waals surface area contributed by atoms with Crippen LogP contribution in [0.25, 0.3) is 11.8 Å². The van der Waals surface area contributed by atoms with E-state index in [9.17, 15) is 9.90 Å². The summed E-state index contributed by atoms with van der Waals surface area (Å²) in [5.74, 6) is -0.208. The maximum Gasteiger partial charge on any atom is 0.170 e. The average Bonchev–Trinajstić information content (AvgIpc) is 2.43. The van der Waals surface area contributed by atoms with Gasteiger partial charge in [0.2, 0.25) is 0 Å². The minimum absolute atomic E-state index is 0.0960. The van der Waals surface area contributed by atoms with E-state index in [0.29, 0.717) is 22.5 Å². The lowest BCUT2D eigenvalue weighted by Gasteiger charge is -2.25. The zero-order valence-electron chi connectivity index (χ0n) is 13.9. The van der Waals surface area contributed by atoms with Crippen molar-refractivity contribution in [2.45, 2.75) is 27.1 Å². The van der Waals surface area contributed by atoms with E-state index in [4.69, 9.17) is 0 Å². The molecule has 0 aliphatic heterocycles. The molecular formula is C17H19I3N2O2. The molecule has 0 amide bonds. The van der Waals surface area contributed by atoms with Crippen molar-refractivity contribution < 1.29 is 9.90 Å². The van der Waals surface area contributed by atoms with Crippen LogP contribution in [0.3, 0.4) is 0 Å². The zero-order chi connectivity index (χ0) is 18.7. The number of nitrogens with zero attached hydrogens (tertiary/aromatic N) is 2. The molecule has 0 saturated carbocycles. The van der Waals surface area contributed by atoms with Gasteiger partial charge >= 0.3 is 0 Å². The van der Waals surface area contributed by atoms with Crippen molar-refractivity contribution in [3.05, 3.63) is 47.6 Å². The number of Topliss-reactive ketones (excluding diaryl/α,β-unsaturated/α-hetero) is 1. The molecule has 7 heteroatoms. The van der Waals surface area contributed by atoms with Crippen molar-refractivity contribution in [3.63, 3.8) is 0 Å². The Bertz CT molecular complexity index is 712. The summed E-state index contributed by atoms with van der Waals surface area (Å²) in [5.41, 5.74) is 1.49. The molecule has 1 aromatic heterocycles. The van der Waals surface area contributed by atoms with Crippen LogP contribution >= 0.6 is 67.8 Å². The number of ketones is 1. The van der Waals surface area contributed by atoms with Crippen molar-refractivity contribution in [2.24, 2.45) is 5.41 Å². The number of rotatable bonds is 5. The van der Waals surface area contributed by atoms with Crippen LogP contribution in [0.1, 0.15) is 37.7 Å². The van der Waals surface area contributed by atoms with E-state index in [0.717, 1.165) is 0 Å². The molecule has 1 N–H and O–H groups in total. The van der Waals surface area contributed by atoms with Crippen molar-refractivity contribution >= 4 is 85.4 Å². The molecule has 0 atom stereocenters. The SMILES string of the molecule is C=C/C=C\c1ncnc(C(O)=C(C(=O)C(C)(C)C)C(I)(I)I)c1C. The Morgan fingerprint density at radius 1 is 1.25 bits per heavy atom. The maximum atomic E-state index is 12.9. The Morgan fingerprint density at radius 3 is 2.29 bits per heavy atom. The third-order valence-corrected chi connectivity index (χ3v) is 4.78. The molecule has 4 nitrogen and oxygen atoms in total. The number of allylic oxidation sites excluding steroid dienone is 3. The number of aliphatic hydroxyl groups is 1. The predicted molar refractivity (Wildman–Crippen MR) is 125 cm³/mol. The number of carbonyl (C=O) groups excluding carboxylic acids is 1. The molecule has 0 aliphatic rings. The molecule has 0 aliphatic carbocycles. The first kappa shape index (κ1) is 22.0. The Balaban J connectivity index is 3.66. The summed E-state index contributed by atoms with van der Waals surface area (Å²) < 4.78 is -0.601. The molecule has 0 spiro atoms. The van der Waals surface area contributed by atoms with E-state index in [1.807, 2.05) is 27.7 Å². The van der Waals surface area contributed by atoms with Gasteiger partial charge in [0.1, 0.15) is 12.0 Å². The minimum atomic E-state index is -0.609. The second-order valence-corrected chi connectivity index (χ2v) is 17.2. The van der Waals surface area contributed by atoms with Crippen molar-refractivity contribution in [1.29, 1.82) is 0 Å². The van der Waals surface area contributed by atoms with Gasteiger partial charge in [0.15, 0.2) is 11.0 Å². The summed E-state index contributed by atoms with van der Waals surface area (Å²) in [6.07, 6.45) is 6.59. The van der Waals surface area contributed by atoms with E-state index < -0.39 is 4.85 Å². The van der Waals surface area contributed by atoms with Crippen LogP contribution in [0.5, 0.6) is 0 Å². The Kier molecular flexibility index (Phi) is 7.85. The average molecular weight is 664 g/mol. The van der Waals surface area contributed by atoms with E-state index in [-0.39, 0.29) is 11.5 Å². The highest BCUT2D eigenvalue weighted by molar-refractivity contribution is 14.3. The zero-order valence-corrected chi connectivity index (χ0v) is 20.4. The molecule has 0 saturated heterocycles. The van der Waals surface area contributed by atoms with Crippen LogP contribution in [0.4, 0.5) is 0 Å². The van der Waals surface area contributed by atoms with E-state index in [2.05, 4.69) is 84.3 Å². The van der Waals surface area contributed by atoms with Crippen LogP contribution < -0.4 is 0 Å². The lowest BCUT2D eigenvalue weighted by molar-refractivity contribution is -0.122. The van der Waals surface area contributed by atoms with Gasteiger partial charge < -0.3 is 5.11 Å². The van der Waals surface area contributed by atoms with Gasteiger partial charge in [0.25, 0.3) is 0 Å². The Labute approximate surface area is 183 Å². The van der Waals surface area contributed by atoms with Crippen molar-refractivity contribution in [1.82, 2.24) is 9.97 Å². The lowest BCUT2D eigenvalue weighted by Crippen LogP contribution is -2.29. The van der Waals surface area contributed by atoms with Gasteiger partial charge in [0.05, 0.1) is 11.3 Å². The van der Waals surface area contributed by atoms with Crippen LogP contribution in [0.2, 0.25) is 0 Å². The van der Waals surface area contributed by atoms with Crippen molar-refractivity contribution in [2.75, 3.05) is 0 Å². The highest BCUT2D eigenvalue weighted by Crippen LogP contribution is 2.47. The molecular weight excluding hydrogens is 645 g/mol. The van der Waals surface area contributed by atoms with Gasteiger partial charge in [-0.25, -0.2) is 9.97 Å². The maximum absolute atomic E-state index is 12.9. The molecule has 0 unspecified atom stereocenters. The molecule has 0 bridgehead atoms. The minimum Gasteiger partial charge on any atom is -0.505 e. The van der Waals surface area contributed by atoms with Crippen LogP contribution in [0, 0.1) is 12.3 Å². The quantitative estimate of drug-likeness (QED) is 0.142. The fourth-order valence-electron chi connectivity index (χ4n) is 1.89. The first-order chi connectivity index (χ1) is 10.9. The fourth-order valence-corrected chi connectivity index (χ4v) is 3.39. The summed E-state index contributed by atoms with van der Waals surface area (Å²) in [6.45, 7) is 11.0. The number of aliphatic hydroxyl groups excluding tert-OH is 1. The first-order valence-electron chi connectivity index (χ1n) is 7.07. The van der Waals surface area contributed by atoms with Crippen LogP contribution in [-0.4, -0.2) is 20.3 Å². The monoisotopic (exact) mass is 664 g/mol. The number of hydrogen-bond donors (Lipinski definition) is 1. The van der Waals surface area contributed by atoms with Gasteiger partial charge in [-0.05, 0) is 80.8 Å². The smallest absolute Gasteiger partial charge is 0.170 e. The van der Waals surface area contributed by atoms with E-state index in [1.54, 1.807) is 18.2 Å². The summed E-state index contributed by atoms with van der Waals surface area (Å²) in [5, 5.41) is 10.9. The summed E-state index contributed by atoms with van der Waals surface area (Å²) in [7, 11) is 0. The third-order valence-electron chi connectivity index (χ3n) is 3.17. The molecule has 1 aromatic rings. The molecule has 130 valence electrons. The molecule has 1 heterocycles. The van der Waals surface area contributed by atoms with E-state index in [1.165, 1.54) is 6.33 Å².